The van der Waals surface area contributed by atoms with Crippen LogP contribution in [0.3, 0.4) is 0 Å². The summed E-state index contributed by atoms with van der Waals surface area (Å²) in [6.45, 7) is 2.47. The van der Waals surface area contributed by atoms with Gasteiger partial charge >= 0.3 is 0 Å². The molecule has 2 fully saturated rings. The standard InChI is InChI=1S/C13H25N3O/c1-14-11-4-6-12(7-5-11)15-10-13(17)16-8-2-3-9-16/h11-12,14-15H,2-10H2,1H3. The zero-order chi connectivity index (χ0) is 12.1. The van der Waals surface area contributed by atoms with Crippen LogP contribution in [-0.4, -0.2) is 49.6 Å². The quantitative estimate of drug-likeness (QED) is 0.760. The van der Waals surface area contributed by atoms with Gasteiger partial charge in [0.25, 0.3) is 0 Å². The summed E-state index contributed by atoms with van der Waals surface area (Å²) >= 11 is 0. The van der Waals surface area contributed by atoms with E-state index in [-0.39, 0.29) is 0 Å². The molecule has 1 saturated heterocycles. The predicted octanol–water partition coefficient (Wildman–Crippen LogP) is 0.729. The average Bonchev–Trinajstić information content (AvgIpc) is 2.90. The molecule has 0 bridgehead atoms. The first-order valence-electron chi connectivity index (χ1n) is 6.98. The number of hydrogen-bond acceptors (Lipinski definition) is 3. The van der Waals surface area contributed by atoms with Crippen molar-refractivity contribution in [2.75, 3.05) is 26.7 Å². The Kier molecular flexibility index (Phi) is 4.80. The first-order chi connectivity index (χ1) is 8.29. The lowest BCUT2D eigenvalue weighted by Gasteiger charge is -2.29. The molecule has 1 heterocycles. The Morgan fingerprint density at radius 1 is 1.12 bits per heavy atom. The van der Waals surface area contributed by atoms with Gasteiger partial charge in [-0.1, -0.05) is 0 Å². The van der Waals surface area contributed by atoms with Gasteiger partial charge in [-0.05, 0) is 45.6 Å². The van der Waals surface area contributed by atoms with Gasteiger partial charge in [0, 0.05) is 25.2 Å². The Bertz CT molecular complexity index is 243. The fraction of sp³-hybridized carbons (Fsp3) is 0.923. The number of rotatable bonds is 4. The Morgan fingerprint density at radius 3 is 2.29 bits per heavy atom. The molecular weight excluding hydrogens is 214 g/mol. The molecular formula is C13H25N3O. The lowest BCUT2D eigenvalue weighted by molar-refractivity contribution is -0.129. The first kappa shape index (κ1) is 12.8. The van der Waals surface area contributed by atoms with Crippen LogP contribution in [0.1, 0.15) is 38.5 Å². The topological polar surface area (TPSA) is 44.4 Å². The molecule has 1 aliphatic heterocycles. The van der Waals surface area contributed by atoms with Gasteiger partial charge in [-0.15, -0.1) is 0 Å². The first-order valence-corrected chi connectivity index (χ1v) is 6.98. The smallest absolute Gasteiger partial charge is 0.236 e. The fourth-order valence-corrected chi connectivity index (χ4v) is 2.90. The molecule has 1 saturated carbocycles. The highest BCUT2D eigenvalue weighted by atomic mass is 16.2. The van der Waals surface area contributed by atoms with E-state index >= 15 is 0 Å². The predicted molar refractivity (Wildman–Crippen MR) is 68.9 cm³/mol. The van der Waals surface area contributed by atoms with Crippen molar-refractivity contribution in [1.82, 2.24) is 15.5 Å². The molecule has 0 aromatic carbocycles. The summed E-state index contributed by atoms with van der Waals surface area (Å²) in [6.07, 6.45) is 7.20. The van der Waals surface area contributed by atoms with E-state index in [0.29, 0.717) is 24.5 Å². The van der Waals surface area contributed by atoms with Crippen molar-refractivity contribution < 1.29 is 4.79 Å². The summed E-state index contributed by atoms with van der Waals surface area (Å²) in [4.78, 5) is 13.9. The van der Waals surface area contributed by atoms with Crippen LogP contribution < -0.4 is 10.6 Å². The molecule has 1 amide bonds. The van der Waals surface area contributed by atoms with Crippen molar-refractivity contribution in [1.29, 1.82) is 0 Å². The number of likely N-dealkylation sites (tertiary alicyclic amines) is 1. The van der Waals surface area contributed by atoms with Gasteiger partial charge < -0.3 is 15.5 Å². The summed E-state index contributed by atoms with van der Waals surface area (Å²) in [5.41, 5.74) is 0. The van der Waals surface area contributed by atoms with Crippen LogP contribution in [0.15, 0.2) is 0 Å². The molecule has 2 N–H and O–H groups in total. The van der Waals surface area contributed by atoms with E-state index in [0.717, 1.165) is 13.1 Å². The van der Waals surface area contributed by atoms with Crippen LogP contribution in [0.4, 0.5) is 0 Å². The highest BCUT2D eigenvalue weighted by Gasteiger charge is 2.22. The molecule has 4 heteroatoms. The molecule has 2 rings (SSSR count). The van der Waals surface area contributed by atoms with Gasteiger partial charge in [-0.3, -0.25) is 4.79 Å². The molecule has 4 nitrogen and oxygen atoms in total. The van der Waals surface area contributed by atoms with E-state index in [1.165, 1.54) is 38.5 Å². The molecule has 1 aliphatic carbocycles. The molecule has 2 aliphatic rings. The molecule has 0 radical (unpaired) electrons. The van der Waals surface area contributed by atoms with E-state index in [4.69, 9.17) is 0 Å². The lowest BCUT2D eigenvalue weighted by Crippen LogP contribution is -2.43. The van der Waals surface area contributed by atoms with E-state index in [1.54, 1.807) is 0 Å². The third-order valence-electron chi connectivity index (χ3n) is 4.14. The maximum atomic E-state index is 11.9. The van der Waals surface area contributed by atoms with Crippen LogP contribution in [0.5, 0.6) is 0 Å². The van der Waals surface area contributed by atoms with Crippen LogP contribution in [0, 0.1) is 0 Å². The lowest BCUT2D eigenvalue weighted by atomic mass is 9.91. The summed E-state index contributed by atoms with van der Waals surface area (Å²) in [5, 5.41) is 6.76. The SMILES string of the molecule is CNC1CCC(NCC(=O)N2CCCC2)CC1. The minimum absolute atomic E-state index is 0.290. The number of nitrogens with zero attached hydrogens (tertiary/aromatic N) is 1. The van der Waals surface area contributed by atoms with Gasteiger partial charge in [0.05, 0.1) is 6.54 Å². The Hall–Kier alpha value is -0.610. The molecule has 0 aromatic heterocycles. The van der Waals surface area contributed by atoms with Gasteiger partial charge in [0.2, 0.25) is 5.91 Å². The molecule has 0 unspecified atom stereocenters. The van der Waals surface area contributed by atoms with Gasteiger partial charge in [0.15, 0.2) is 0 Å². The van der Waals surface area contributed by atoms with Crippen molar-refractivity contribution in [3.8, 4) is 0 Å². The second-order valence-corrected chi connectivity index (χ2v) is 5.31. The molecule has 98 valence electrons. The van der Waals surface area contributed by atoms with Crippen molar-refractivity contribution in [2.45, 2.75) is 50.6 Å². The zero-order valence-corrected chi connectivity index (χ0v) is 10.9. The maximum Gasteiger partial charge on any atom is 0.236 e. The van der Waals surface area contributed by atoms with Crippen LogP contribution >= 0.6 is 0 Å². The molecule has 0 aromatic rings. The summed E-state index contributed by atoms with van der Waals surface area (Å²) < 4.78 is 0. The van der Waals surface area contributed by atoms with Crippen molar-refractivity contribution in [3.63, 3.8) is 0 Å². The van der Waals surface area contributed by atoms with Crippen molar-refractivity contribution >= 4 is 5.91 Å². The summed E-state index contributed by atoms with van der Waals surface area (Å²) in [6, 6.07) is 1.23. The fourth-order valence-electron chi connectivity index (χ4n) is 2.90. The summed E-state index contributed by atoms with van der Waals surface area (Å²) in [5.74, 6) is 0.290. The Labute approximate surface area is 104 Å². The monoisotopic (exact) mass is 239 g/mol. The molecule has 0 atom stereocenters. The van der Waals surface area contributed by atoms with Gasteiger partial charge in [-0.2, -0.15) is 0 Å². The largest absolute Gasteiger partial charge is 0.342 e. The van der Waals surface area contributed by atoms with Crippen LogP contribution in [-0.2, 0) is 4.79 Å². The van der Waals surface area contributed by atoms with E-state index in [1.807, 2.05) is 11.9 Å². The molecule has 0 spiro atoms. The number of hydrogen-bond donors (Lipinski definition) is 2. The normalized spacial score (nSPS) is 29.6. The van der Waals surface area contributed by atoms with Gasteiger partial charge in [0.1, 0.15) is 0 Å². The van der Waals surface area contributed by atoms with Crippen molar-refractivity contribution in [2.24, 2.45) is 0 Å². The van der Waals surface area contributed by atoms with Crippen LogP contribution in [0.25, 0.3) is 0 Å². The van der Waals surface area contributed by atoms with E-state index in [2.05, 4.69) is 10.6 Å². The van der Waals surface area contributed by atoms with Crippen molar-refractivity contribution in [3.05, 3.63) is 0 Å². The molecule has 17 heavy (non-hydrogen) atoms. The third-order valence-corrected chi connectivity index (χ3v) is 4.14. The van der Waals surface area contributed by atoms with Gasteiger partial charge in [-0.25, -0.2) is 0 Å². The minimum atomic E-state index is 0.290. The minimum Gasteiger partial charge on any atom is -0.342 e. The Balaban J connectivity index is 1.63. The number of nitrogens with one attached hydrogen (secondary N) is 2. The second kappa shape index (κ2) is 6.36. The zero-order valence-electron chi connectivity index (χ0n) is 10.9. The Morgan fingerprint density at radius 2 is 1.71 bits per heavy atom. The maximum absolute atomic E-state index is 11.9. The third kappa shape index (κ3) is 3.68. The number of carbonyl (C=O) groups is 1. The summed E-state index contributed by atoms with van der Waals surface area (Å²) in [7, 11) is 2.04. The van der Waals surface area contributed by atoms with E-state index < -0.39 is 0 Å². The second-order valence-electron chi connectivity index (χ2n) is 5.31. The highest BCUT2D eigenvalue weighted by Crippen LogP contribution is 2.18. The van der Waals surface area contributed by atoms with Crippen LogP contribution in [0.2, 0.25) is 0 Å². The average molecular weight is 239 g/mol. The highest BCUT2D eigenvalue weighted by molar-refractivity contribution is 5.78. The number of amides is 1. The number of carbonyl (C=O) groups excluding carboxylic acids is 1. The van der Waals surface area contributed by atoms with E-state index in [9.17, 15) is 4.79 Å².